The number of carbonyl (C=O) groups excluding carboxylic acids is 1. The number of methoxy groups -OCH3 is 1. The molecular formula is C15H18F3NO3. The minimum Gasteiger partial charge on any atom is -0.385 e. The van der Waals surface area contributed by atoms with Crippen LogP contribution in [0.1, 0.15) is 12.0 Å². The summed E-state index contributed by atoms with van der Waals surface area (Å²) >= 11 is 0. The normalized spacial score (nSPS) is 14.8. The molecule has 1 aromatic rings. The van der Waals surface area contributed by atoms with Crippen molar-refractivity contribution in [1.82, 2.24) is 5.32 Å². The lowest BCUT2D eigenvalue weighted by molar-refractivity contribution is -0.185. The van der Waals surface area contributed by atoms with Crippen LogP contribution in [0, 0.1) is 0 Å². The van der Waals surface area contributed by atoms with E-state index in [0.29, 0.717) is 0 Å². The van der Waals surface area contributed by atoms with Gasteiger partial charge in [-0.1, -0.05) is 30.3 Å². The molecule has 0 saturated heterocycles. The Kier molecular flexibility index (Phi) is 6.58. The molecule has 0 radical (unpaired) electrons. The van der Waals surface area contributed by atoms with Gasteiger partial charge in [0, 0.05) is 19.7 Å². The van der Waals surface area contributed by atoms with E-state index in [1.54, 1.807) is 24.3 Å². The number of aliphatic hydroxyl groups is 1. The number of rotatable bonds is 7. The maximum absolute atomic E-state index is 12.4. The van der Waals surface area contributed by atoms with Gasteiger partial charge in [-0.15, -0.1) is 0 Å². The highest BCUT2D eigenvalue weighted by Crippen LogP contribution is 2.27. The number of halogens is 3. The molecule has 0 spiro atoms. The molecule has 4 nitrogen and oxygen atoms in total. The second-order valence-corrected chi connectivity index (χ2v) is 4.91. The van der Waals surface area contributed by atoms with Crippen LogP contribution in [0.2, 0.25) is 0 Å². The number of nitrogens with one attached hydrogen (secondary N) is 1. The molecule has 0 bridgehead atoms. The zero-order valence-electron chi connectivity index (χ0n) is 12.1. The van der Waals surface area contributed by atoms with E-state index in [9.17, 15) is 23.1 Å². The average molecular weight is 317 g/mol. The van der Waals surface area contributed by atoms with Crippen LogP contribution in [-0.2, 0) is 9.53 Å². The van der Waals surface area contributed by atoms with Crippen LogP contribution < -0.4 is 5.32 Å². The Morgan fingerprint density at radius 2 is 1.95 bits per heavy atom. The maximum Gasteiger partial charge on any atom is 0.392 e. The Morgan fingerprint density at radius 1 is 1.32 bits per heavy atom. The van der Waals surface area contributed by atoms with Crippen molar-refractivity contribution in [2.24, 2.45) is 0 Å². The Bertz CT molecular complexity index is 503. The van der Waals surface area contributed by atoms with Crippen LogP contribution in [0.15, 0.2) is 36.4 Å². The highest BCUT2D eigenvalue weighted by molar-refractivity contribution is 5.91. The molecule has 0 saturated carbocycles. The van der Waals surface area contributed by atoms with E-state index in [4.69, 9.17) is 0 Å². The number of benzene rings is 1. The van der Waals surface area contributed by atoms with E-state index >= 15 is 0 Å². The molecule has 1 aromatic carbocycles. The van der Waals surface area contributed by atoms with Crippen molar-refractivity contribution >= 4 is 12.0 Å². The second kappa shape index (κ2) is 7.95. The summed E-state index contributed by atoms with van der Waals surface area (Å²) < 4.78 is 41.9. The lowest BCUT2D eigenvalue weighted by atomic mass is 10.0. The summed E-state index contributed by atoms with van der Waals surface area (Å²) in [6.07, 6.45) is -3.31. The first-order valence-electron chi connectivity index (χ1n) is 6.53. The fourth-order valence-corrected chi connectivity index (χ4v) is 1.85. The SMILES string of the molecule is COCC(O)(CNC(=O)/C=C/c1ccccc1)CC(F)(F)F. The smallest absolute Gasteiger partial charge is 0.385 e. The van der Waals surface area contributed by atoms with Crippen molar-refractivity contribution in [2.45, 2.75) is 18.2 Å². The number of carbonyl (C=O) groups is 1. The summed E-state index contributed by atoms with van der Waals surface area (Å²) in [7, 11) is 1.18. The van der Waals surface area contributed by atoms with Gasteiger partial charge in [0.05, 0.1) is 13.0 Å². The summed E-state index contributed by atoms with van der Waals surface area (Å²) in [6, 6.07) is 8.94. The third kappa shape index (κ3) is 7.24. The van der Waals surface area contributed by atoms with Gasteiger partial charge in [-0.25, -0.2) is 0 Å². The van der Waals surface area contributed by atoms with E-state index < -0.39 is 37.3 Å². The molecule has 122 valence electrons. The summed E-state index contributed by atoms with van der Waals surface area (Å²) in [6.45, 7) is -1.09. The van der Waals surface area contributed by atoms with Gasteiger partial charge in [0.2, 0.25) is 5.91 Å². The van der Waals surface area contributed by atoms with Gasteiger partial charge in [0.1, 0.15) is 5.60 Å². The number of hydrogen-bond donors (Lipinski definition) is 2. The Morgan fingerprint density at radius 3 is 2.50 bits per heavy atom. The first-order chi connectivity index (χ1) is 10.2. The van der Waals surface area contributed by atoms with Gasteiger partial charge in [-0.2, -0.15) is 13.2 Å². The van der Waals surface area contributed by atoms with Crippen LogP contribution in [0.4, 0.5) is 13.2 Å². The van der Waals surface area contributed by atoms with E-state index in [1.165, 1.54) is 19.3 Å². The van der Waals surface area contributed by atoms with Crippen molar-refractivity contribution in [1.29, 1.82) is 0 Å². The number of alkyl halides is 3. The standard InChI is InChI=1S/C15H18F3NO3/c1-22-11-14(21,9-15(16,17)18)10-19-13(20)8-7-12-5-3-2-4-6-12/h2-8,21H,9-11H2,1H3,(H,19,20)/b8-7+. The predicted molar refractivity (Wildman–Crippen MR) is 76.0 cm³/mol. The molecule has 1 atom stereocenters. The highest BCUT2D eigenvalue weighted by Gasteiger charge is 2.41. The topological polar surface area (TPSA) is 58.6 Å². The third-order valence-corrected chi connectivity index (χ3v) is 2.76. The average Bonchev–Trinajstić information content (AvgIpc) is 2.42. The molecule has 2 N–H and O–H groups in total. The van der Waals surface area contributed by atoms with Gasteiger partial charge in [0.25, 0.3) is 0 Å². The third-order valence-electron chi connectivity index (χ3n) is 2.76. The fraction of sp³-hybridized carbons (Fsp3) is 0.400. The van der Waals surface area contributed by atoms with Crippen LogP contribution in [0.3, 0.4) is 0 Å². The van der Waals surface area contributed by atoms with Gasteiger partial charge < -0.3 is 15.2 Å². The zero-order chi connectivity index (χ0) is 16.6. The minimum absolute atomic E-state index is 0.533. The number of amides is 1. The van der Waals surface area contributed by atoms with Crippen molar-refractivity contribution in [3.05, 3.63) is 42.0 Å². The molecule has 0 fully saturated rings. The molecule has 1 unspecified atom stereocenters. The van der Waals surface area contributed by atoms with E-state index in [-0.39, 0.29) is 0 Å². The fourth-order valence-electron chi connectivity index (χ4n) is 1.85. The highest BCUT2D eigenvalue weighted by atomic mass is 19.4. The second-order valence-electron chi connectivity index (χ2n) is 4.91. The number of hydrogen-bond acceptors (Lipinski definition) is 3. The van der Waals surface area contributed by atoms with Crippen LogP contribution in [0.5, 0.6) is 0 Å². The van der Waals surface area contributed by atoms with Gasteiger partial charge >= 0.3 is 6.18 Å². The molecular weight excluding hydrogens is 299 g/mol. The Balaban J connectivity index is 2.57. The molecule has 22 heavy (non-hydrogen) atoms. The van der Waals surface area contributed by atoms with Gasteiger partial charge in [-0.05, 0) is 11.6 Å². The number of ether oxygens (including phenoxy) is 1. The molecule has 0 heterocycles. The van der Waals surface area contributed by atoms with Crippen molar-refractivity contribution in [3.8, 4) is 0 Å². The first-order valence-corrected chi connectivity index (χ1v) is 6.53. The molecule has 1 rings (SSSR count). The molecule has 0 aromatic heterocycles. The van der Waals surface area contributed by atoms with Crippen LogP contribution in [-0.4, -0.2) is 43.1 Å². The molecule has 0 aliphatic carbocycles. The summed E-state index contributed by atoms with van der Waals surface area (Å²) in [5.74, 6) is -0.597. The molecule has 7 heteroatoms. The summed E-state index contributed by atoms with van der Waals surface area (Å²) in [5.41, 5.74) is -1.41. The zero-order valence-corrected chi connectivity index (χ0v) is 12.1. The monoisotopic (exact) mass is 317 g/mol. The van der Waals surface area contributed by atoms with Crippen LogP contribution in [0.25, 0.3) is 6.08 Å². The van der Waals surface area contributed by atoms with Gasteiger partial charge in [0.15, 0.2) is 0 Å². The molecule has 1 amide bonds. The first kappa shape index (κ1) is 18.2. The minimum atomic E-state index is -4.56. The maximum atomic E-state index is 12.4. The van der Waals surface area contributed by atoms with Crippen molar-refractivity contribution < 1.29 is 27.8 Å². The summed E-state index contributed by atoms with van der Waals surface area (Å²) in [4.78, 5) is 11.6. The largest absolute Gasteiger partial charge is 0.392 e. The lowest BCUT2D eigenvalue weighted by Crippen LogP contribution is -2.48. The van der Waals surface area contributed by atoms with Crippen molar-refractivity contribution in [2.75, 3.05) is 20.3 Å². The Labute approximate surface area is 126 Å². The molecule has 0 aliphatic rings. The quantitative estimate of drug-likeness (QED) is 0.758. The Hall–Kier alpha value is -1.86. The summed E-state index contributed by atoms with van der Waals surface area (Å²) in [5, 5.41) is 12.1. The van der Waals surface area contributed by atoms with Crippen molar-refractivity contribution in [3.63, 3.8) is 0 Å². The van der Waals surface area contributed by atoms with E-state index in [2.05, 4.69) is 10.1 Å². The lowest BCUT2D eigenvalue weighted by Gasteiger charge is -2.28. The van der Waals surface area contributed by atoms with Gasteiger partial charge in [-0.3, -0.25) is 4.79 Å². The van der Waals surface area contributed by atoms with E-state index in [0.717, 1.165) is 5.56 Å². The predicted octanol–water partition coefficient (Wildman–Crippen LogP) is 2.15. The van der Waals surface area contributed by atoms with Crippen LogP contribution >= 0.6 is 0 Å². The molecule has 0 aliphatic heterocycles. The van der Waals surface area contributed by atoms with E-state index in [1.807, 2.05) is 6.07 Å².